The third kappa shape index (κ3) is 3.52. The summed E-state index contributed by atoms with van der Waals surface area (Å²) < 4.78 is 6.19. The van der Waals surface area contributed by atoms with Gasteiger partial charge in [-0.1, -0.05) is 47.4 Å². The highest BCUT2D eigenvalue weighted by atomic mass is 32.2. The van der Waals surface area contributed by atoms with E-state index in [1.165, 1.54) is 11.3 Å². The smallest absolute Gasteiger partial charge is 0.152 e. The maximum absolute atomic E-state index is 6.05. The molecule has 19 heavy (non-hydrogen) atoms. The minimum Gasteiger partial charge on any atom is -0.497 e. The molecule has 0 aliphatic carbocycles. The Morgan fingerprint density at radius 1 is 1.53 bits per heavy atom. The molecule has 2 aromatic rings. The van der Waals surface area contributed by atoms with Gasteiger partial charge in [-0.2, -0.15) is 0 Å². The van der Waals surface area contributed by atoms with Crippen LogP contribution in [0.2, 0.25) is 0 Å². The van der Waals surface area contributed by atoms with Gasteiger partial charge in [-0.25, -0.2) is 4.98 Å². The number of rotatable bonds is 5. The summed E-state index contributed by atoms with van der Waals surface area (Å²) in [5.41, 5.74) is 8.99. The molecular formula is C14H16N2OS2. The molecule has 0 saturated heterocycles. The number of nitrogen functional groups attached to an aromatic ring is 1. The molecule has 2 rings (SSSR count). The van der Waals surface area contributed by atoms with Gasteiger partial charge in [0.1, 0.15) is 16.4 Å². The summed E-state index contributed by atoms with van der Waals surface area (Å²) in [7, 11) is 1.65. The first-order valence-electron chi connectivity index (χ1n) is 5.78. The van der Waals surface area contributed by atoms with Crippen molar-refractivity contribution in [2.45, 2.75) is 11.3 Å². The first-order chi connectivity index (χ1) is 9.10. The van der Waals surface area contributed by atoms with Crippen molar-refractivity contribution in [1.29, 1.82) is 0 Å². The molecule has 0 aliphatic rings. The molecule has 0 fully saturated rings. The molecular weight excluding hydrogens is 276 g/mol. The predicted octanol–water partition coefficient (Wildman–Crippen LogP) is 4.07. The Labute approximate surface area is 121 Å². The van der Waals surface area contributed by atoms with Crippen molar-refractivity contribution in [3.8, 4) is 17.0 Å². The number of thioether (sulfide) groups is 1. The van der Waals surface area contributed by atoms with E-state index in [0.717, 1.165) is 37.7 Å². The summed E-state index contributed by atoms with van der Waals surface area (Å²) in [5.74, 6) is 1.67. The second kappa shape index (κ2) is 6.12. The van der Waals surface area contributed by atoms with E-state index in [1.54, 1.807) is 18.9 Å². The zero-order valence-corrected chi connectivity index (χ0v) is 12.6. The Morgan fingerprint density at radius 2 is 2.32 bits per heavy atom. The maximum atomic E-state index is 6.05. The van der Waals surface area contributed by atoms with E-state index >= 15 is 0 Å². The van der Waals surface area contributed by atoms with E-state index in [1.807, 2.05) is 31.2 Å². The number of hydrogen-bond donors (Lipinski definition) is 1. The monoisotopic (exact) mass is 292 g/mol. The molecule has 0 saturated carbocycles. The van der Waals surface area contributed by atoms with Crippen molar-refractivity contribution in [3.05, 3.63) is 36.4 Å². The van der Waals surface area contributed by atoms with Crippen molar-refractivity contribution in [3.63, 3.8) is 0 Å². The van der Waals surface area contributed by atoms with Gasteiger partial charge in [-0.05, 0) is 19.1 Å². The van der Waals surface area contributed by atoms with Crippen LogP contribution in [-0.4, -0.2) is 17.8 Å². The van der Waals surface area contributed by atoms with Crippen LogP contribution in [0.4, 0.5) is 5.00 Å². The molecule has 0 bridgehead atoms. The second-order valence-corrected chi connectivity index (χ2v) is 6.42. The normalized spacial score (nSPS) is 10.4. The molecule has 0 spiro atoms. The highest BCUT2D eigenvalue weighted by Gasteiger charge is 2.11. The number of ether oxygens (including phenoxy) is 1. The van der Waals surface area contributed by atoms with Crippen LogP contribution >= 0.6 is 23.1 Å². The van der Waals surface area contributed by atoms with Crippen molar-refractivity contribution in [2.75, 3.05) is 18.6 Å². The number of hydrogen-bond acceptors (Lipinski definition) is 5. The van der Waals surface area contributed by atoms with Crippen molar-refractivity contribution in [1.82, 2.24) is 4.98 Å². The van der Waals surface area contributed by atoms with Crippen molar-refractivity contribution >= 4 is 28.1 Å². The van der Waals surface area contributed by atoms with Gasteiger partial charge in [0.2, 0.25) is 0 Å². The lowest BCUT2D eigenvalue weighted by atomic mass is 10.1. The Kier molecular flexibility index (Phi) is 4.50. The van der Waals surface area contributed by atoms with E-state index in [4.69, 9.17) is 10.5 Å². The van der Waals surface area contributed by atoms with Crippen LogP contribution in [-0.2, 0) is 0 Å². The molecule has 1 aromatic carbocycles. The lowest BCUT2D eigenvalue weighted by Crippen LogP contribution is -1.87. The van der Waals surface area contributed by atoms with Crippen LogP contribution in [0.15, 0.2) is 40.8 Å². The fraction of sp³-hybridized carbons (Fsp3) is 0.214. The van der Waals surface area contributed by atoms with Crippen molar-refractivity contribution in [2.24, 2.45) is 0 Å². The van der Waals surface area contributed by atoms with Crippen molar-refractivity contribution < 1.29 is 4.74 Å². The number of aromatic nitrogens is 1. The van der Waals surface area contributed by atoms with Gasteiger partial charge in [0, 0.05) is 11.3 Å². The highest BCUT2D eigenvalue weighted by Crippen LogP contribution is 2.36. The predicted molar refractivity (Wildman–Crippen MR) is 84.1 cm³/mol. The summed E-state index contributed by atoms with van der Waals surface area (Å²) in [6.07, 6.45) is 0. The largest absolute Gasteiger partial charge is 0.497 e. The van der Waals surface area contributed by atoms with E-state index in [-0.39, 0.29) is 0 Å². The van der Waals surface area contributed by atoms with E-state index in [0.29, 0.717) is 0 Å². The maximum Gasteiger partial charge on any atom is 0.152 e. The average molecular weight is 292 g/mol. The summed E-state index contributed by atoms with van der Waals surface area (Å²) in [6, 6.07) is 7.77. The molecule has 2 N–H and O–H groups in total. The number of nitrogens with zero attached hydrogens (tertiary/aromatic N) is 1. The van der Waals surface area contributed by atoms with Crippen LogP contribution in [0.1, 0.15) is 6.92 Å². The zero-order valence-electron chi connectivity index (χ0n) is 11.0. The molecule has 0 aliphatic heterocycles. The third-order valence-corrected chi connectivity index (χ3v) is 4.68. The van der Waals surface area contributed by atoms with Gasteiger partial charge in [-0.3, -0.25) is 0 Å². The Morgan fingerprint density at radius 3 is 3.00 bits per heavy atom. The van der Waals surface area contributed by atoms with Gasteiger partial charge in [0.15, 0.2) is 4.34 Å². The number of thiazole rings is 1. The van der Waals surface area contributed by atoms with E-state index in [2.05, 4.69) is 11.6 Å². The molecule has 3 nitrogen and oxygen atoms in total. The molecule has 100 valence electrons. The standard InChI is InChI=1S/C14H16N2OS2/c1-9(2)8-18-14-16-12(13(15)19-14)10-5-4-6-11(7-10)17-3/h4-7H,1,8,15H2,2-3H3. The molecule has 0 amide bonds. The lowest BCUT2D eigenvalue weighted by Gasteiger charge is -2.02. The summed E-state index contributed by atoms with van der Waals surface area (Å²) in [6.45, 7) is 5.90. The van der Waals surface area contributed by atoms with Gasteiger partial charge < -0.3 is 10.5 Å². The highest BCUT2D eigenvalue weighted by molar-refractivity contribution is 8.01. The Bertz CT molecular complexity index is 593. The van der Waals surface area contributed by atoms with E-state index in [9.17, 15) is 0 Å². The fourth-order valence-electron chi connectivity index (χ4n) is 1.54. The summed E-state index contributed by atoms with van der Waals surface area (Å²) >= 11 is 3.18. The van der Waals surface area contributed by atoms with Crippen LogP contribution in [0, 0.1) is 0 Å². The molecule has 0 unspecified atom stereocenters. The first-order valence-corrected chi connectivity index (χ1v) is 7.58. The van der Waals surface area contributed by atoms with E-state index < -0.39 is 0 Å². The first kappa shape index (κ1) is 14.0. The SMILES string of the molecule is C=C(C)CSc1nc(-c2cccc(OC)c2)c(N)s1. The summed E-state index contributed by atoms with van der Waals surface area (Å²) in [4.78, 5) is 4.59. The van der Waals surface area contributed by atoms with Gasteiger partial charge in [0.05, 0.1) is 7.11 Å². The molecule has 0 radical (unpaired) electrons. The van der Waals surface area contributed by atoms with Gasteiger partial charge in [0.25, 0.3) is 0 Å². The van der Waals surface area contributed by atoms with Crippen LogP contribution in [0.25, 0.3) is 11.3 Å². The minimum absolute atomic E-state index is 0.734. The number of anilines is 1. The molecule has 0 atom stereocenters. The second-order valence-electron chi connectivity index (χ2n) is 4.17. The lowest BCUT2D eigenvalue weighted by molar-refractivity contribution is 0.415. The van der Waals surface area contributed by atoms with Gasteiger partial charge in [-0.15, -0.1) is 0 Å². The summed E-state index contributed by atoms with van der Waals surface area (Å²) in [5, 5.41) is 0.734. The van der Waals surface area contributed by atoms with Crippen LogP contribution in [0.3, 0.4) is 0 Å². The Hall–Kier alpha value is -1.46. The Balaban J connectivity index is 2.26. The van der Waals surface area contributed by atoms with Crippen LogP contribution in [0.5, 0.6) is 5.75 Å². The number of methoxy groups -OCH3 is 1. The fourth-order valence-corrected chi connectivity index (χ4v) is 3.33. The van der Waals surface area contributed by atoms with Crippen LogP contribution < -0.4 is 10.5 Å². The van der Waals surface area contributed by atoms with Gasteiger partial charge >= 0.3 is 0 Å². The number of nitrogens with two attached hydrogens (primary N) is 1. The quantitative estimate of drug-likeness (QED) is 0.666. The molecule has 5 heteroatoms. The molecule has 1 aromatic heterocycles. The topological polar surface area (TPSA) is 48.1 Å². The number of benzene rings is 1. The molecule has 1 heterocycles. The third-order valence-electron chi connectivity index (χ3n) is 2.42. The zero-order chi connectivity index (χ0) is 13.8. The average Bonchev–Trinajstić information content (AvgIpc) is 2.78. The minimum atomic E-state index is 0.734.